The van der Waals surface area contributed by atoms with E-state index in [9.17, 15) is 4.39 Å². The van der Waals surface area contributed by atoms with Crippen LogP contribution in [0.15, 0.2) is 18.2 Å². The Morgan fingerprint density at radius 2 is 2.20 bits per heavy atom. The van der Waals surface area contributed by atoms with Crippen molar-refractivity contribution in [2.75, 3.05) is 11.9 Å². The van der Waals surface area contributed by atoms with Crippen LogP contribution < -0.4 is 5.32 Å². The summed E-state index contributed by atoms with van der Waals surface area (Å²) in [5.41, 5.74) is 0.716. The molecule has 0 radical (unpaired) electrons. The first-order valence-electron chi connectivity index (χ1n) is 5.36. The van der Waals surface area contributed by atoms with Crippen molar-refractivity contribution in [2.24, 2.45) is 5.92 Å². The van der Waals surface area contributed by atoms with Crippen LogP contribution in [-0.4, -0.2) is 11.7 Å². The van der Waals surface area contributed by atoms with Gasteiger partial charge < -0.3 is 10.4 Å². The molecule has 0 saturated carbocycles. The van der Waals surface area contributed by atoms with Gasteiger partial charge in [-0.25, -0.2) is 4.39 Å². The van der Waals surface area contributed by atoms with E-state index in [4.69, 9.17) is 5.11 Å². The van der Waals surface area contributed by atoms with E-state index in [-0.39, 0.29) is 5.75 Å². The lowest BCUT2D eigenvalue weighted by molar-refractivity contribution is 0.432. The highest BCUT2D eigenvalue weighted by molar-refractivity contribution is 5.46. The Labute approximate surface area is 90.1 Å². The molecule has 3 heteroatoms. The molecule has 84 valence electrons. The average Bonchev–Trinajstić information content (AvgIpc) is 2.20. The Bertz CT molecular complexity index is 314. The van der Waals surface area contributed by atoms with Gasteiger partial charge in [0.05, 0.1) is 0 Å². The molecule has 2 nitrogen and oxygen atoms in total. The first-order valence-corrected chi connectivity index (χ1v) is 5.36. The average molecular weight is 211 g/mol. The van der Waals surface area contributed by atoms with Crippen molar-refractivity contribution < 1.29 is 9.50 Å². The zero-order valence-electron chi connectivity index (χ0n) is 9.26. The van der Waals surface area contributed by atoms with Crippen LogP contribution in [0, 0.1) is 11.7 Å². The number of halogens is 1. The molecule has 1 aromatic rings. The fourth-order valence-electron chi connectivity index (χ4n) is 1.50. The lowest BCUT2D eigenvalue weighted by Crippen LogP contribution is -2.10. The summed E-state index contributed by atoms with van der Waals surface area (Å²) in [5, 5.41) is 12.1. The van der Waals surface area contributed by atoms with Crippen LogP contribution in [0.3, 0.4) is 0 Å². The molecule has 1 atom stereocenters. The summed E-state index contributed by atoms with van der Waals surface area (Å²) in [6.07, 6.45) is 2.32. The van der Waals surface area contributed by atoms with Crippen molar-refractivity contribution >= 4 is 5.69 Å². The normalized spacial score (nSPS) is 12.5. The summed E-state index contributed by atoms with van der Waals surface area (Å²) >= 11 is 0. The third kappa shape index (κ3) is 3.78. The Morgan fingerprint density at radius 1 is 1.47 bits per heavy atom. The van der Waals surface area contributed by atoms with Crippen LogP contribution >= 0.6 is 0 Å². The van der Waals surface area contributed by atoms with E-state index in [2.05, 4.69) is 19.2 Å². The number of anilines is 1. The quantitative estimate of drug-likeness (QED) is 0.732. The lowest BCUT2D eigenvalue weighted by atomic mass is 10.1. The zero-order chi connectivity index (χ0) is 11.3. The Morgan fingerprint density at radius 3 is 2.80 bits per heavy atom. The molecule has 0 heterocycles. The largest absolute Gasteiger partial charge is 0.505 e. The van der Waals surface area contributed by atoms with Crippen molar-refractivity contribution in [3.05, 3.63) is 24.0 Å². The molecule has 2 N–H and O–H groups in total. The molecular weight excluding hydrogens is 193 g/mol. The van der Waals surface area contributed by atoms with E-state index in [0.29, 0.717) is 11.6 Å². The van der Waals surface area contributed by atoms with Crippen LogP contribution in [0.25, 0.3) is 0 Å². The molecule has 1 unspecified atom stereocenters. The number of nitrogens with one attached hydrogen (secondary N) is 1. The number of hydrogen-bond donors (Lipinski definition) is 2. The molecule has 15 heavy (non-hydrogen) atoms. The highest BCUT2D eigenvalue weighted by Crippen LogP contribution is 2.19. The van der Waals surface area contributed by atoms with Crippen molar-refractivity contribution in [3.8, 4) is 5.75 Å². The summed E-state index contributed by atoms with van der Waals surface area (Å²) in [5.74, 6) is -0.308. The van der Waals surface area contributed by atoms with Gasteiger partial charge in [0.25, 0.3) is 0 Å². The number of phenolic OH excluding ortho intramolecular Hbond substituents is 1. The third-order valence-corrected chi connectivity index (χ3v) is 2.38. The molecular formula is C12H18FNO. The van der Waals surface area contributed by atoms with Crippen molar-refractivity contribution in [1.82, 2.24) is 0 Å². The smallest absolute Gasteiger partial charge is 0.166 e. The topological polar surface area (TPSA) is 32.3 Å². The summed E-state index contributed by atoms with van der Waals surface area (Å²) in [6, 6.07) is 4.35. The van der Waals surface area contributed by atoms with Gasteiger partial charge in [0.15, 0.2) is 11.6 Å². The van der Waals surface area contributed by atoms with E-state index in [1.54, 1.807) is 6.07 Å². The number of aromatic hydroxyl groups is 1. The van der Waals surface area contributed by atoms with Gasteiger partial charge in [0, 0.05) is 18.3 Å². The van der Waals surface area contributed by atoms with Gasteiger partial charge in [-0.15, -0.1) is 0 Å². The maximum atomic E-state index is 13.0. The van der Waals surface area contributed by atoms with Gasteiger partial charge in [0.2, 0.25) is 0 Å². The van der Waals surface area contributed by atoms with Crippen molar-refractivity contribution in [1.29, 1.82) is 0 Å². The molecule has 1 aromatic carbocycles. The molecule has 0 fully saturated rings. The predicted octanol–water partition coefficient (Wildman–Crippen LogP) is 3.38. The molecule has 0 aromatic heterocycles. The molecule has 0 saturated heterocycles. The van der Waals surface area contributed by atoms with Gasteiger partial charge in [-0.2, -0.15) is 0 Å². The summed E-state index contributed by atoms with van der Waals surface area (Å²) in [6.45, 7) is 5.14. The van der Waals surface area contributed by atoms with Gasteiger partial charge in [0.1, 0.15) is 0 Å². The summed E-state index contributed by atoms with van der Waals surface area (Å²) in [7, 11) is 0. The maximum absolute atomic E-state index is 13.0. The van der Waals surface area contributed by atoms with Crippen LogP contribution in [0.2, 0.25) is 0 Å². The van der Waals surface area contributed by atoms with Gasteiger partial charge >= 0.3 is 0 Å². The van der Waals surface area contributed by atoms with E-state index < -0.39 is 5.82 Å². The van der Waals surface area contributed by atoms with Crippen LogP contribution in [0.5, 0.6) is 5.75 Å². The number of rotatable bonds is 5. The minimum Gasteiger partial charge on any atom is -0.505 e. The first kappa shape index (κ1) is 11.8. The molecule has 0 aliphatic carbocycles. The summed E-state index contributed by atoms with van der Waals surface area (Å²) < 4.78 is 13.0. The van der Waals surface area contributed by atoms with Crippen molar-refractivity contribution in [2.45, 2.75) is 26.7 Å². The molecule has 0 amide bonds. The van der Waals surface area contributed by atoms with Crippen LogP contribution in [-0.2, 0) is 0 Å². The standard InChI is InChI=1S/C12H18FNO/c1-3-4-9(2)8-14-10-5-6-12(15)11(13)7-10/h5-7,9,14-15H,3-4,8H2,1-2H3. The molecule has 1 rings (SSSR count). The third-order valence-electron chi connectivity index (χ3n) is 2.38. The second-order valence-corrected chi connectivity index (χ2v) is 3.94. The fraction of sp³-hybridized carbons (Fsp3) is 0.500. The molecule has 0 aliphatic rings. The van der Waals surface area contributed by atoms with Gasteiger partial charge in [-0.3, -0.25) is 0 Å². The summed E-state index contributed by atoms with van der Waals surface area (Å²) in [4.78, 5) is 0. The molecule has 0 aliphatic heterocycles. The van der Waals surface area contributed by atoms with E-state index >= 15 is 0 Å². The van der Waals surface area contributed by atoms with Gasteiger partial charge in [-0.1, -0.05) is 20.3 Å². The van der Waals surface area contributed by atoms with E-state index in [1.165, 1.54) is 12.1 Å². The SMILES string of the molecule is CCCC(C)CNc1ccc(O)c(F)c1. The number of benzene rings is 1. The fourth-order valence-corrected chi connectivity index (χ4v) is 1.50. The molecule has 0 spiro atoms. The zero-order valence-corrected chi connectivity index (χ0v) is 9.26. The monoisotopic (exact) mass is 211 g/mol. The predicted molar refractivity (Wildman–Crippen MR) is 60.6 cm³/mol. The van der Waals surface area contributed by atoms with E-state index in [0.717, 1.165) is 19.4 Å². The Balaban J connectivity index is 2.47. The lowest BCUT2D eigenvalue weighted by Gasteiger charge is -2.12. The highest BCUT2D eigenvalue weighted by Gasteiger charge is 2.03. The minimum atomic E-state index is -0.580. The van der Waals surface area contributed by atoms with Crippen LogP contribution in [0.4, 0.5) is 10.1 Å². The highest BCUT2D eigenvalue weighted by atomic mass is 19.1. The minimum absolute atomic E-state index is 0.304. The van der Waals surface area contributed by atoms with Crippen LogP contribution in [0.1, 0.15) is 26.7 Å². The van der Waals surface area contributed by atoms with Gasteiger partial charge in [-0.05, 0) is 24.5 Å². The van der Waals surface area contributed by atoms with Crippen molar-refractivity contribution in [3.63, 3.8) is 0 Å². The van der Waals surface area contributed by atoms with E-state index in [1.807, 2.05) is 0 Å². The Kier molecular flexibility index (Phi) is 4.40. The Hall–Kier alpha value is -1.25. The second kappa shape index (κ2) is 5.59. The molecule has 0 bridgehead atoms. The first-order chi connectivity index (χ1) is 7.13. The number of hydrogen-bond acceptors (Lipinski definition) is 2. The number of phenols is 1. The second-order valence-electron chi connectivity index (χ2n) is 3.94. The maximum Gasteiger partial charge on any atom is 0.166 e.